The fourth-order valence-electron chi connectivity index (χ4n) is 2.41. The summed E-state index contributed by atoms with van der Waals surface area (Å²) in [5.41, 5.74) is 2.22. The van der Waals surface area contributed by atoms with Gasteiger partial charge < -0.3 is 5.32 Å². The maximum absolute atomic E-state index is 13.1. The average Bonchev–Trinajstić information content (AvgIpc) is 2.84. The van der Waals surface area contributed by atoms with Crippen molar-refractivity contribution in [2.24, 2.45) is 13.0 Å². The Morgan fingerprint density at radius 2 is 1.86 bits per heavy atom. The maximum atomic E-state index is 13.1. The number of hydrogen-bond acceptors (Lipinski definition) is 2. The monoisotopic (exact) mass is 289 g/mol. The molecule has 0 saturated carbocycles. The molecule has 4 heteroatoms. The number of rotatable bonds is 7. The van der Waals surface area contributed by atoms with E-state index in [1.165, 1.54) is 12.1 Å². The number of hydrogen-bond donors (Lipinski definition) is 1. The minimum Gasteiger partial charge on any atom is -0.316 e. The summed E-state index contributed by atoms with van der Waals surface area (Å²) in [6.45, 7) is 6.25. The van der Waals surface area contributed by atoms with E-state index >= 15 is 0 Å². The highest BCUT2D eigenvalue weighted by Crippen LogP contribution is 2.20. The molecule has 0 aliphatic rings. The highest BCUT2D eigenvalue weighted by molar-refractivity contribution is 5.22. The van der Waals surface area contributed by atoms with Crippen LogP contribution in [0, 0.1) is 11.7 Å². The van der Waals surface area contributed by atoms with Gasteiger partial charge in [0.15, 0.2) is 0 Å². The number of nitrogens with zero attached hydrogens (tertiary/aromatic N) is 2. The third-order valence-corrected chi connectivity index (χ3v) is 3.51. The fourth-order valence-corrected chi connectivity index (χ4v) is 2.41. The van der Waals surface area contributed by atoms with E-state index in [1.54, 1.807) is 0 Å². The molecule has 0 fully saturated rings. The molecule has 1 atom stereocenters. The van der Waals surface area contributed by atoms with E-state index in [9.17, 15) is 4.39 Å². The Labute approximate surface area is 126 Å². The molecule has 0 bridgehead atoms. The SMILES string of the molecule is CC(C)CNCC(Cc1ccn(C)n1)c1ccc(F)cc1. The lowest BCUT2D eigenvalue weighted by atomic mass is 9.94. The van der Waals surface area contributed by atoms with Gasteiger partial charge in [-0.2, -0.15) is 5.10 Å². The van der Waals surface area contributed by atoms with Crippen molar-refractivity contribution in [3.05, 3.63) is 53.6 Å². The van der Waals surface area contributed by atoms with Crippen LogP contribution in [0.1, 0.15) is 31.0 Å². The normalized spacial score (nSPS) is 12.8. The van der Waals surface area contributed by atoms with Crippen LogP contribution in [0.2, 0.25) is 0 Å². The van der Waals surface area contributed by atoms with E-state index in [1.807, 2.05) is 36.1 Å². The Hall–Kier alpha value is -1.68. The summed E-state index contributed by atoms with van der Waals surface area (Å²) in [5.74, 6) is 0.735. The zero-order valence-corrected chi connectivity index (χ0v) is 13.0. The summed E-state index contributed by atoms with van der Waals surface area (Å²) in [7, 11) is 1.92. The van der Waals surface area contributed by atoms with Gasteiger partial charge in [0.2, 0.25) is 0 Å². The minimum absolute atomic E-state index is 0.189. The van der Waals surface area contributed by atoms with Crippen LogP contribution >= 0.6 is 0 Å². The summed E-state index contributed by atoms with van der Waals surface area (Å²) >= 11 is 0. The van der Waals surface area contributed by atoms with Crippen molar-refractivity contribution >= 4 is 0 Å². The van der Waals surface area contributed by atoms with Crippen LogP contribution in [-0.2, 0) is 13.5 Å². The van der Waals surface area contributed by atoms with E-state index in [-0.39, 0.29) is 5.82 Å². The Bertz CT molecular complexity index is 545. The van der Waals surface area contributed by atoms with Gasteiger partial charge in [-0.15, -0.1) is 0 Å². The standard InChI is InChI=1S/C17H24FN3/c1-13(2)11-19-12-15(10-17-8-9-21(3)20-17)14-4-6-16(18)7-5-14/h4-9,13,15,19H,10-12H2,1-3H3. The molecule has 0 spiro atoms. The number of aromatic nitrogens is 2. The van der Waals surface area contributed by atoms with E-state index in [2.05, 4.69) is 24.3 Å². The molecule has 2 aromatic rings. The van der Waals surface area contributed by atoms with Crippen LogP contribution in [0.3, 0.4) is 0 Å². The summed E-state index contributed by atoms with van der Waals surface area (Å²) in [4.78, 5) is 0. The van der Waals surface area contributed by atoms with Crippen LogP contribution in [0.4, 0.5) is 4.39 Å². The fraction of sp³-hybridized carbons (Fsp3) is 0.471. The predicted molar refractivity (Wildman–Crippen MR) is 83.8 cm³/mol. The number of aryl methyl sites for hydroxylation is 1. The molecule has 1 N–H and O–H groups in total. The van der Waals surface area contributed by atoms with Gasteiger partial charge in [-0.3, -0.25) is 4.68 Å². The molecular weight excluding hydrogens is 265 g/mol. The summed E-state index contributed by atoms with van der Waals surface area (Å²) in [5, 5.41) is 7.95. The van der Waals surface area contributed by atoms with Gasteiger partial charge in [-0.25, -0.2) is 4.39 Å². The van der Waals surface area contributed by atoms with Crippen LogP contribution in [0.5, 0.6) is 0 Å². The molecule has 2 rings (SSSR count). The molecule has 1 aromatic carbocycles. The van der Waals surface area contributed by atoms with E-state index < -0.39 is 0 Å². The van der Waals surface area contributed by atoms with Crippen LogP contribution in [0.15, 0.2) is 36.5 Å². The molecule has 1 unspecified atom stereocenters. The van der Waals surface area contributed by atoms with Crippen molar-refractivity contribution in [3.63, 3.8) is 0 Å². The zero-order chi connectivity index (χ0) is 15.2. The second-order valence-corrected chi connectivity index (χ2v) is 5.99. The Morgan fingerprint density at radius 1 is 1.14 bits per heavy atom. The third-order valence-electron chi connectivity index (χ3n) is 3.51. The van der Waals surface area contributed by atoms with Gasteiger partial charge in [0.1, 0.15) is 5.82 Å². The summed E-state index contributed by atoms with van der Waals surface area (Å²) < 4.78 is 14.9. The largest absolute Gasteiger partial charge is 0.316 e. The van der Waals surface area contributed by atoms with Crippen molar-refractivity contribution in [1.82, 2.24) is 15.1 Å². The maximum Gasteiger partial charge on any atom is 0.123 e. The number of nitrogens with one attached hydrogen (secondary N) is 1. The smallest absolute Gasteiger partial charge is 0.123 e. The van der Waals surface area contributed by atoms with Crippen molar-refractivity contribution in [2.45, 2.75) is 26.2 Å². The highest BCUT2D eigenvalue weighted by Gasteiger charge is 2.14. The first-order valence-electron chi connectivity index (χ1n) is 7.49. The van der Waals surface area contributed by atoms with E-state index in [0.29, 0.717) is 11.8 Å². The highest BCUT2D eigenvalue weighted by atomic mass is 19.1. The summed E-state index contributed by atoms with van der Waals surface area (Å²) in [6, 6.07) is 8.85. The quantitative estimate of drug-likeness (QED) is 0.848. The van der Waals surface area contributed by atoms with Crippen molar-refractivity contribution in [1.29, 1.82) is 0 Å². The van der Waals surface area contributed by atoms with E-state index in [4.69, 9.17) is 0 Å². The van der Waals surface area contributed by atoms with Gasteiger partial charge in [0.25, 0.3) is 0 Å². The lowest BCUT2D eigenvalue weighted by Crippen LogP contribution is -2.26. The molecule has 1 heterocycles. The molecule has 0 saturated heterocycles. The van der Waals surface area contributed by atoms with Crippen LogP contribution in [0.25, 0.3) is 0 Å². The van der Waals surface area contributed by atoms with Crippen molar-refractivity contribution in [2.75, 3.05) is 13.1 Å². The van der Waals surface area contributed by atoms with Gasteiger partial charge in [-0.05, 0) is 42.6 Å². The van der Waals surface area contributed by atoms with Crippen molar-refractivity contribution in [3.8, 4) is 0 Å². The first kappa shape index (κ1) is 15.7. The third kappa shape index (κ3) is 4.97. The van der Waals surface area contributed by atoms with Gasteiger partial charge in [-0.1, -0.05) is 26.0 Å². The molecule has 3 nitrogen and oxygen atoms in total. The van der Waals surface area contributed by atoms with Gasteiger partial charge in [0, 0.05) is 25.7 Å². The lowest BCUT2D eigenvalue weighted by Gasteiger charge is -2.18. The topological polar surface area (TPSA) is 29.9 Å². The lowest BCUT2D eigenvalue weighted by molar-refractivity contribution is 0.510. The van der Waals surface area contributed by atoms with E-state index in [0.717, 1.165) is 30.8 Å². The number of benzene rings is 1. The second-order valence-electron chi connectivity index (χ2n) is 5.99. The average molecular weight is 289 g/mol. The van der Waals surface area contributed by atoms with Crippen LogP contribution < -0.4 is 5.32 Å². The molecule has 1 aromatic heterocycles. The van der Waals surface area contributed by atoms with Crippen molar-refractivity contribution < 1.29 is 4.39 Å². The first-order chi connectivity index (χ1) is 10.0. The van der Waals surface area contributed by atoms with Crippen LogP contribution in [-0.4, -0.2) is 22.9 Å². The predicted octanol–water partition coefficient (Wildman–Crippen LogP) is 3.13. The molecule has 0 radical (unpaired) electrons. The Morgan fingerprint density at radius 3 is 2.43 bits per heavy atom. The Kier molecular flexibility index (Phi) is 5.51. The van der Waals surface area contributed by atoms with Gasteiger partial charge >= 0.3 is 0 Å². The molecule has 0 aliphatic carbocycles. The number of halogens is 1. The summed E-state index contributed by atoms with van der Waals surface area (Å²) in [6.07, 6.45) is 2.82. The van der Waals surface area contributed by atoms with Gasteiger partial charge in [0.05, 0.1) is 5.69 Å². The molecule has 21 heavy (non-hydrogen) atoms. The molecule has 114 valence electrons. The molecular formula is C17H24FN3. The second kappa shape index (κ2) is 7.36. The Balaban J connectivity index is 2.07. The molecule has 0 aliphatic heterocycles. The first-order valence-corrected chi connectivity index (χ1v) is 7.49. The molecule has 0 amide bonds. The minimum atomic E-state index is -0.189. The zero-order valence-electron chi connectivity index (χ0n) is 13.0.